The molecule has 15 heteroatoms. The highest BCUT2D eigenvalue weighted by atomic mass is 35.5. The summed E-state index contributed by atoms with van der Waals surface area (Å²) in [5.41, 5.74) is 0.595. The van der Waals surface area contributed by atoms with Crippen molar-refractivity contribution in [1.82, 2.24) is 15.6 Å². The molecule has 196 valence electrons. The number of carbonyl (C=O) groups excluding carboxylic acids is 1. The van der Waals surface area contributed by atoms with E-state index in [0.717, 1.165) is 18.2 Å². The van der Waals surface area contributed by atoms with Crippen LogP contribution in [0.4, 0.5) is 36.4 Å². The number of anilines is 1. The normalized spacial score (nSPS) is 13.3. The summed E-state index contributed by atoms with van der Waals surface area (Å²) in [6.45, 7) is 0. The molecule has 2 N–H and O–H groups in total. The molecule has 1 atom stereocenters. The van der Waals surface area contributed by atoms with Crippen LogP contribution >= 0.6 is 34.8 Å². The minimum atomic E-state index is -5.15. The molecular formula is C22H12Cl3F7N4O. The Morgan fingerprint density at radius 2 is 1.59 bits per heavy atom. The van der Waals surface area contributed by atoms with Crippen LogP contribution in [0.15, 0.2) is 54.9 Å². The number of allylic oxidation sites excluding steroid dienone is 1. The molecule has 1 amide bonds. The molecule has 2 aromatic carbocycles. The zero-order valence-electron chi connectivity index (χ0n) is 17.9. The molecule has 0 bridgehead atoms. The van der Waals surface area contributed by atoms with Gasteiger partial charge in [0.2, 0.25) is 0 Å². The Bertz CT molecular complexity index is 1310. The third-order valence-electron chi connectivity index (χ3n) is 4.78. The van der Waals surface area contributed by atoms with Crippen molar-refractivity contribution in [2.45, 2.75) is 18.3 Å². The molecule has 0 fully saturated rings. The van der Waals surface area contributed by atoms with Gasteiger partial charge in [0.25, 0.3) is 5.91 Å². The smallest absolute Gasteiger partial charge is 0.297 e. The average molecular weight is 588 g/mol. The fraction of sp³-hybridized carbons (Fsp3) is 0.136. The van der Waals surface area contributed by atoms with E-state index in [1.807, 2.05) is 5.43 Å². The molecule has 0 aliphatic rings. The topological polar surface area (TPSA) is 66.9 Å². The number of hydrogen-bond donors (Lipinski definition) is 2. The Hall–Kier alpha value is -3.09. The molecule has 0 aliphatic carbocycles. The number of alkyl halides is 6. The van der Waals surface area contributed by atoms with E-state index in [1.54, 1.807) is 0 Å². The number of rotatable bonds is 6. The molecule has 5 nitrogen and oxygen atoms in total. The molecule has 1 heterocycles. The number of benzene rings is 2. The van der Waals surface area contributed by atoms with Crippen LogP contribution in [0.5, 0.6) is 0 Å². The van der Waals surface area contributed by atoms with Gasteiger partial charge in [-0.25, -0.2) is 4.39 Å². The highest BCUT2D eigenvalue weighted by molar-refractivity contribution is 6.48. The predicted octanol–water partition coefficient (Wildman–Crippen LogP) is 7.87. The number of hydrogen-bond acceptors (Lipinski definition) is 4. The number of halogens is 10. The average Bonchev–Trinajstić information content (AvgIpc) is 2.83. The Morgan fingerprint density at radius 1 is 0.946 bits per heavy atom. The second-order valence-corrected chi connectivity index (χ2v) is 8.49. The number of hydrazine groups is 1. The van der Waals surface area contributed by atoms with E-state index in [9.17, 15) is 35.5 Å². The van der Waals surface area contributed by atoms with E-state index >= 15 is 0 Å². The van der Waals surface area contributed by atoms with Crippen LogP contribution < -0.4 is 10.9 Å². The van der Waals surface area contributed by atoms with Gasteiger partial charge in [-0.2, -0.15) is 36.5 Å². The summed E-state index contributed by atoms with van der Waals surface area (Å²) in [6, 6.07) is 4.59. The van der Waals surface area contributed by atoms with Gasteiger partial charge in [-0.3, -0.25) is 15.6 Å². The van der Waals surface area contributed by atoms with Gasteiger partial charge in [0.05, 0.1) is 44.3 Å². The van der Waals surface area contributed by atoms with Crippen molar-refractivity contribution in [2.75, 3.05) is 5.43 Å². The molecule has 0 radical (unpaired) electrons. The zero-order valence-corrected chi connectivity index (χ0v) is 20.1. The van der Waals surface area contributed by atoms with Gasteiger partial charge < -0.3 is 0 Å². The lowest BCUT2D eigenvalue weighted by molar-refractivity contribution is -0.140. The largest absolute Gasteiger partial charge is 0.417 e. The van der Waals surface area contributed by atoms with E-state index in [2.05, 4.69) is 15.6 Å². The Kier molecular flexibility index (Phi) is 8.56. The van der Waals surface area contributed by atoms with Crippen LogP contribution in [0, 0.1) is 0 Å². The summed E-state index contributed by atoms with van der Waals surface area (Å²) in [6.07, 6.45) is -7.73. The van der Waals surface area contributed by atoms with Gasteiger partial charge in [0.15, 0.2) is 0 Å². The molecule has 0 aliphatic heterocycles. The maximum Gasteiger partial charge on any atom is 0.417 e. The number of nitrogens with one attached hydrogen (secondary N) is 2. The standard InChI is InChI=1S/C22H12Cl3F7N4O/c23-16-6-11(7-17(24)19(16)25)14(21(27,28)29)8-18(26)10-1-2-13(15(5-10)22(30,31)32)20(37)36-35-12-3-4-33-34-9-12/h1-9,14H,(H,33,35)(H,36,37). The molecule has 0 spiro atoms. The van der Waals surface area contributed by atoms with Gasteiger partial charge in [0.1, 0.15) is 11.7 Å². The number of aromatic nitrogens is 2. The second kappa shape index (κ2) is 11.1. The van der Waals surface area contributed by atoms with Crippen molar-refractivity contribution in [3.63, 3.8) is 0 Å². The van der Waals surface area contributed by atoms with Crippen molar-refractivity contribution in [3.8, 4) is 0 Å². The van der Waals surface area contributed by atoms with E-state index in [-0.39, 0.29) is 32.9 Å². The predicted molar refractivity (Wildman–Crippen MR) is 124 cm³/mol. The molecular weight excluding hydrogens is 576 g/mol. The number of amides is 1. The van der Waals surface area contributed by atoms with Gasteiger partial charge >= 0.3 is 12.4 Å². The molecule has 1 unspecified atom stereocenters. The lowest BCUT2D eigenvalue weighted by Crippen LogP contribution is -2.31. The van der Waals surface area contributed by atoms with E-state index in [0.29, 0.717) is 6.07 Å². The van der Waals surface area contributed by atoms with Crippen LogP contribution in [0.1, 0.15) is 33.0 Å². The van der Waals surface area contributed by atoms with E-state index in [1.165, 1.54) is 18.5 Å². The van der Waals surface area contributed by atoms with Crippen molar-refractivity contribution in [3.05, 3.63) is 92.2 Å². The summed E-state index contributed by atoms with van der Waals surface area (Å²) in [7, 11) is 0. The SMILES string of the molecule is O=C(NNc1ccnnc1)c1ccc(C(F)=CC(c2cc(Cl)c(Cl)c(Cl)c2)C(F)(F)F)cc1C(F)(F)F. The molecule has 0 saturated carbocycles. The summed E-state index contributed by atoms with van der Waals surface area (Å²) in [5, 5.41) is 6.10. The third kappa shape index (κ3) is 7.02. The van der Waals surface area contributed by atoms with Crippen molar-refractivity contribution >= 4 is 52.2 Å². The summed E-state index contributed by atoms with van der Waals surface area (Å²) in [5.74, 6) is -5.52. The molecule has 0 saturated heterocycles. The van der Waals surface area contributed by atoms with E-state index < -0.39 is 52.3 Å². The highest BCUT2D eigenvalue weighted by Gasteiger charge is 2.41. The van der Waals surface area contributed by atoms with Crippen molar-refractivity contribution in [1.29, 1.82) is 0 Å². The fourth-order valence-corrected chi connectivity index (χ4v) is 3.68. The van der Waals surface area contributed by atoms with Crippen LogP contribution in [0.2, 0.25) is 15.1 Å². The maximum atomic E-state index is 14.9. The second-order valence-electron chi connectivity index (χ2n) is 7.30. The Balaban J connectivity index is 1.99. The first-order valence-electron chi connectivity index (χ1n) is 9.81. The number of carbonyl (C=O) groups is 1. The van der Waals surface area contributed by atoms with Crippen LogP contribution in [0.25, 0.3) is 5.83 Å². The third-order valence-corrected chi connectivity index (χ3v) is 5.98. The number of nitrogens with zero attached hydrogens (tertiary/aromatic N) is 2. The Morgan fingerprint density at radius 3 is 2.14 bits per heavy atom. The first-order valence-corrected chi connectivity index (χ1v) is 10.9. The lowest BCUT2D eigenvalue weighted by atomic mass is 9.95. The quantitative estimate of drug-likeness (QED) is 0.175. The van der Waals surface area contributed by atoms with Crippen LogP contribution in [-0.2, 0) is 6.18 Å². The van der Waals surface area contributed by atoms with E-state index in [4.69, 9.17) is 34.8 Å². The first-order chi connectivity index (χ1) is 17.2. The zero-order chi connectivity index (χ0) is 27.5. The Labute approximate surface area is 219 Å². The molecule has 3 rings (SSSR count). The lowest BCUT2D eigenvalue weighted by Gasteiger charge is -2.19. The maximum absolute atomic E-state index is 14.9. The minimum Gasteiger partial charge on any atom is -0.297 e. The summed E-state index contributed by atoms with van der Waals surface area (Å²) >= 11 is 17.3. The minimum absolute atomic E-state index is 0.0725. The summed E-state index contributed by atoms with van der Waals surface area (Å²) < 4.78 is 97.1. The molecule has 37 heavy (non-hydrogen) atoms. The van der Waals surface area contributed by atoms with Crippen molar-refractivity contribution in [2.24, 2.45) is 0 Å². The van der Waals surface area contributed by atoms with Crippen LogP contribution in [0.3, 0.4) is 0 Å². The molecule has 3 aromatic rings. The van der Waals surface area contributed by atoms with Gasteiger partial charge in [-0.15, -0.1) is 0 Å². The van der Waals surface area contributed by atoms with Gasteiger partial charge in [-0.1, -0.05) is 40.9 Å². The first kappa shape index (κ1) is 28.5. The fourth-order valence-electron chi connectivity index (χ4n) is 3.06. The van der Waals surface area contributed by atoms with Crippen LogP contribution in [-0.4, -0.2) is 22.3 Å². The van der Waals surface area contributed by atoms with Gasteiger partial charge in [-0.05, 0) is 42.0 Å². The molecule has 1 aromatic heterocycles. The summed E-state index contributed by atoms with van der Waals surface area (Å²) in [4.78, 5) is 12.3. The van der Waals surface area contributed by atoms with Gasteiger partial charge in [0, 0.05) is 5.56 Å². The highest BCUT2D eigenvalue weighted by Crippen LogP contribution is 2.42. The van der Waals surface area contributed by atoms with Crippen molar-refractivity contribution < 1.29 is 35.5 Å². The monoisotopic (exact) mass is 586 g/mol.